The number of aromatic nitrogens is 8. The van der Waals surface area contributed by atoms with Crippen molar-refractivity contribution in [2.24, 2.45) is 11.8 Å². The van der Waals surface area contributed by atoms with E-state index in [2.05, 4.69) is 22.1 Å². The number of aromatic amines is 2. The highest BCUT2D eigenvalue weighted by Crippen LogP contribution is 2.58. The Hall–Kier alpha value is -4.48. The van der Waals surface area contributed by atoms with Crippen molar-refractivity contribution in [1.29, 1.82) is 0 Å². The number of allylic oxidation sites excluding steroid dienone is 9. The van der Waals surface area contributed by atoms with E-state index in [1.165, 1.54) is 0 Å². The standard InChI is InChI=1S/C48H26Cl8N8/c49-33-17-9-1-2-10-18(17)34(50)26-25(33)41-57-42(26)62-44-29-30(38(54)22-14-6-5-13-21(22)37(29)53)46(59-44)64-48-32-31(39(55)23-15-7-8-16-24(23)40(32)56)47(60-48)63-45-28-27(43(58-45)61-41)35(51)19-11-3-4-12-20(19)36(28)52/h1-7,9-15,17,24,28,33,36,40H,8,16H2,(H2,57,58,59,60,61,62,63,64). The maximum Gasteiger partial charge on any atom is 0.166 e. The quantitative estimate of drug-likeness (QED) is 0.147. The van der Waals surface area contributed by atoms with Crippen LogP contribution in [0.1, 0.15) is 79.9 Å². The van der Waals surface area contributed by atoms with Crippen molar-refractivity contribution in [3.05, 3.63) is 151 Å². The summed E-state index contributed by atoms with van der Waals surface area (Å²) in [5, 5.41) is 1.91. The molecule has 64 heavy (non-hydrogen) atoms. The van der Waals surface area contributed by atoms with Gasteiger partial charge in [-0.05, 0) is 35.1 Å². The first kappa shape index (κ1) is 39.8. The number of hydrogen-bond acceptors (Lipinski definition) is 6. The van der Waals surface area contributed by atoms with Gasteiger partial charge in [-0.2, -0.15) is 0 Å². The van der Waals surface area contributed by atoms with Crippen molar-refractivity contribution in [3.8, 4) is 22.8 Å². The fourth-order valence-corrected chi connectivity index (χ4v) is 13.5. The Labute approximate surface area is 404 Å². The molecule has 3 aromatic carbocycles. The van der Waals surface area contributed by atoms with Gasteiger partial charge in [-0.1, -0.05) is 143 Å². The first-order valence-corrected chi connectivity index (χ1v) is 23.7. The summed E-state index contributed by atoms with van der Waals surface area (Å²) in [4.78, 5) is 38.4. The van der Waals surface area contributed by atoms with Gasteiger partial charge >= 0.3 is 0 Å². The number of nitrogens with one attached hydrogen (secondary N) is 2. The number of hydrogen-bond donors (Lipinski definition) is 2. The molecular formula is C48H26Cl8N8. The van der Waals surface area contributed by atoms with Crippen molar-refractivity contribution in [2.75, 3.05) is 0 Å². The number of benzene rings is 3. The van der Waals surface area contributed by atoms with Crippen LogP contribution in [-0.4, -0.2) is 39.9 Å². The summed E-state index contributed by atoms with van der Waals surface area (Å²) < 4.78 is 0. The molecule has 8 nitrogen and oxygen atoms in total. The van der Waals surface area contributed by atoms with Crippen LogP contribution in [0, 0.1) is 11.8 Å². The Morgan fingerprint density at radius 1 is 0.547 bits per heavy atom. The Bertz CT molecular complexity index is 3560. The molecule has 0 saturated carbocycles. The molecule has 0 spiro atoms. The maximum absolute atomic E-state index is 7.55. The monoisotopic (exact) mass is 994 g/mol. The molecule has 8 bridgehead atoms. The van der Waals surface area contributed by atoms with Gasteiger partial charge in [-0.3, -0.25) is 0 Å². The largest absolute Gasteiger partial charge is 0.324 e. The van der Waals surface area contributed by atoms with Crippen LogP contribution < -0.4 is 0 Å². The van der Waals surface area contributed by atoms with E-state index in [0.717, 1.165) is 45.9 Å². The van der Waals surface area contributed by atoms with Gasteiger partial charge in [0.15, 0.2) is 17.5 Å². The SMILES string of the molecule is ClC1=C2c3nc(nc4[nH]c(nc5nc(nc6[nH]c(n3)c3c6C(Cl)=C6C=CC=CC6C3Cl)-c3c-5c(Cl)c5ccccc5c3Cl)c3c4C(Cl)=C4C=CCCC4C3Cl)C2C(Cl)c2ccccc21. The average molecular weight is 998 g/mol. The van der Waals surface area contributed by atoms with Crippen molar-refractivity contribution < 1.29 is 0 Å². The third kappa shape index (κ3) is 5.46. The lowest BCUT2D eigenvalue weighted by atomic mass is 9.79. The number of alkyl halides is 3. The zero-order valence-electron chi connectivity index (χ0n) is 32.7. The highest BCUT2D eigenvalue weighted by Gasteiger charge is 2.44. The van der Waals surface area contributed by atoms with Crippen LogP contribution in [0.5, 0.6) is 0 Å². The Balaban J connectivity index is 1.23. The molecule has 6 aromatic rings. The molecule has 2 aliphatic heterocycles. The van der Waals surface area contributed by atoms with E-state index >= 15 is 0 Å². The Morgan fingerprint density at radius 2 is 1.17 bits per heavy atom. The number of fused-ring (bicyclic) bond motifs is 24. The zero-order valence-corrected chi connectivity index (χ0v) is 38.7. The van der Waals surface area contributed by atoms with E-state index in [4.69, 9.17) is 123 Å². The lowest BCUT2D eigenvalue weighted by Gasteiger charge is -2.31. The number of halogens is 8. The molecule has 0 saturated heterocycles. The van der Waals surface area contributed by atoms with Gasteiger partial charge in [-0.25, -0.2) is 29.9 Å². The lowest BCUT2D eigenvalue weighted by Crippen LogP contribution is -2.18. The minimum Gasteiger partial charge on any atom is -0.324 e. The highest BCUT2D eigenvalue weighted by atomic mass is 35.5. The molecule has 6 unspecified atom stereocenters. The summed E-state index contributed by atoms with van der Waals surface area (Å²) in [6.45, 7) is 0. The van der Waals surface area contributed by atoms with Crippen LogP contribution in [-0.2, 0) is 0 Å². The third-order valence-electron chi connectivity index (χ3n) is 13.3. The molecule has 5 aliphatic carbocycles. The fourth-order valence-electron chi connectivity index (χ4n) is 10.3. The molecule has 314 valence electrons. The van der Waals surface area contributed by atoms with Crippen LogP contribution in [0.2, 0.25) is 10.0 Å². The Morgan fingerprint density at radius 3 is 1.91 bits per heavy atom. The highest BCUT2D eigenvalue weighted by molar-refractivity contribution is 6.54. The summed E-state index contributed by atoms with van der Waals surface area (Å²) in [6, 6.07) is 15.4. The van der Waals surface area contributed by atoms with E-state index in [-0.39, 0.29) is 23.5 Å². The smallest absolute Gasteiger partial charge is 0.166 e. The second-order valence-corrected chi connectivity index (χ2v) is 19.8. The van der Waals surface area contributed by atoms with E-state index < -0.39 is 22.0 Å². The molecule has 6 atom stereocenters. The van der Waals surface area contributed by atoms with Gasteiger partial charge in [0.05, 0.1) is 58.3 Å². The fraction of sp³-hybridized carbons (Fsp3) is 0.167. The topological polar surface area (TPSA) is 109 Å². The summed E-state index contributed by atoms with van der Waals surface area (Å²) >= 11 is 59.6. The van der Waals surface area contributed by atoms with E-state index in [1.54, 1.807) is 0 Å². The first-order chi connectivity index (χ1) is 31.1. The van der Waals surface area contributed by atoms with E-state index in [9.17, 15) is 0 Å². The summed E-state index contributed by atoms with van der Waals surface area (Å²) in [7, 11) is 0. The van der Waals surface area contributed by atoms with Gasteiger partial charge in [0.1, 0.15) is 28.4 Å². The van der Waals surface area contributed by atoms with Gasteiger partial charge in [0.25, 0.3) is 0 Å². The normalized spacial score (nSPS) is 23.8. The van der Waals surface area contributed by atoms with Crippen molar-refractivity contribution >= 4 is 147 Å². The van der Waals surface area contributed by atoms with Crippen molar-refractivity contribution in [1.82, 2.24) is 39.9 Å². The Kier molecular flexibility index (Phi) is 9.03. The summed E-state index contributed by atoms with van der Waals surface area (Å²) in [6.07, 6.45) is 13.7. The van der Waals surface area contributed by atoms with Crippen molar-refractivity contribution in [3.63, 3.8) is 0 Å². The second kappa shape index (κ2) is 14.5. The van der Waals surface area contributed by atoms with Gasteiger partial charge in [0, 0.05) is 50.4 Å². The molecule has 0 radical (unpaired) electrons. The van der Waals surface area contributed by atoms with Gasteiger partial charge in [0.2, 0.25) is 0 Å². The molecule has 13 rings (SSSR count). The molecule has 5 heterocycles. The maximum atomic E-state index is 7.55. The van der Waals surface area contributed by atoms with Crippen molar-refractivity contribution in [2.45, 2.75) is 34.9 Å². The van der Waals surface area contributed by atoms with Crippen LogP contribution in [0.3, 0.4) is 0 Å². The van der Waals surface area contributed by atoms with E-state index in [0.29, 0.717) is 98.3 Å². The molecule has 16 heteroatoms. The molecule has 3 aromatic heterocycles. The van der Waals surface area contributed by atoms with Crippen LogP contribution >= 0.6 is 92.8 Å². The molecule has 0 fully saturated rings. The molecular weight excluding hydrogens is 972 g/mol. The average Bonchev–Trinajstić information content (AvgIpc) is 4.07. The van der Waals surface area contributed by atoms with Crippen LogP contribution in [0.4, 0.5) is 0 Å². The predicted molar refractivity (Wildman–Crippen MR) is 261 cm³/mol. The molecule has 7 aliphatic rings. The zero-order chi connectivity index (χ0) is 43.4. The van der Waals surface area contributed by atoms with Crippen LogP contribution in [0.15, 0.2) is 96.1 Å². The second-order valence-electron chi connectivity index (χ2n) is 16.5. The summed E-state index contributed by atoms with van der Waals surface area (Å²) in [5.41, 5.74) is 8.96. The number of rotatable bonds is 0. The first-order valence-electron chi connectivity index (χ1n) is 20.5. The van der Waals surface area contributed by atoms with E-state index in [1.807, 2.05) is 72.8 Å². The molecule has 0 amide bonds. The predicted octanol–water partition coefficient (Wildman–Crippen LogP) is 15.1. The number of nitrogens with zero attached hydrogens (tertiary/aromatic N) is 6. The molecule has 2 N–H and O–H groups in total. The minimum atomic E-state index is -0.623. The summed E-state index contributed by atoms with van der Waals surface area (Å²) in [5.74, 6) is 0.195. The minimum absolute atomic E-state index is 0.0833. The third-order valence-corrected chi connectivity index (χ3v) is 16.8. The van der Waals surface area contributed by atoms with Gasteiger partial charge in [-0.15, -0.1) is 34.8 Å². The number of H-pyrrole nitrogens is 2. The van der Waals surface area contributed by atoms with Crippen LogP contribution in [0.25, 0.3) is 76.8 Å². The lowest BCUT2D eigenvalue weighted by molar-refractivity contribution is 0.542. The van der Waals surface area contributed by atoms with Gasteiger partial charge < -0.3 is 9.97 Å².